The Labute approximate surface area is 102 Å². The minimum Gasteiger partial charge on any atom is -0.385 e. The first-order valence-electron chi connectivity index (χ1n) is 5.79. The van der Waals surface area contributed by atoms with E-state index in [9.17, 15) is 4.79 Å². The van der Waals surface area contributed by atoms with Gasteiger partial charge < -0.3 is 15.8 Å². The predicted molar refractivity (Wildman–Crippen MR) is 67.3 cm³/mol. The Balaban J connectivity index is 2.31. The molecule has 3 N–H and O–H groups in total. The van der Waals surface area contributed by atoms with E-state index in [1.165, 1.54) is 0 Å². The van der Waals surface area contributed by atoms with Crippen molar-refractivity contribution >= 4 is 5.91 Å². The van der Waals surface area contributed by atoms with E-state index in [1.807, 2.05) is 24.3 Å². The monoisotopic (exact) mass is 236 g/mol. The molecule has 1 rings (SSSR count). The highest BCUT2D eigenvalue weighted by Crippen LogP contribution is 2.04. The van der Waals surface area contributed by atoms with Crippen molar-refractivity contribution < 1.29 is 9.53 Å². The Morgan fingerprint density at radius 2 is 2.18 bits per heavy atom. The topological polar surface area (TPSA) is 64.3 Å². The summed E-state index contributed by atoms with van der Waals surface area (Å²) in [4.78, 5) is 11.5. The maximum atomic E-state index is 11.5. The van der Waals surface area contributed by atoms with Crippen molar-refractivity contribution in [2.45, 2.75) is 25.9 Å². The van der Waals surface area contributed by atoms with E-state index in [2.05, 4.69) is 5.32 Å². The number of rotatable bonds is 7. The van der Waals surface area contributed by atoms with Crippen molar-refractivity contribution in [3.63, 3.8) is 0 Å². The fraction of sp³-hybridized carbons (Fsp3) is 0.462. The standard InChI is InChI=1S/C13H20N2O2/c1-17-7-3-6-13(16)15-10-12-5-2-4-11(8-12)9-14/h2,4-5,8H,3,6-7,9-10,14H2,1H3,(H,15,16). The molecule has 0 heterocycles. The molecular formula is C13H20N2O2. The van der Waals surface area contributed by atoms with E-state index in [1.54, 1.807) is 7.11 Å². The molecule has 0 aliphatic rings. The summed E-state index contributed by atoms with van der Waals surface area (Å²) in [5, 5.41) is 2.87. The average Bonchev–Trinajstić information content (AvgIpc) is 2.37. The van der Waals surface area contributed by atoms with Gasteiger partial charge in [-0.2, -0.15) is 0 Å². The molecule has 94 valence electrons. The normalized spacial score (nSPS) is 10.2. The van der Waals surface area contributed by atoms with Crippen molar-refractivity contribution in [2.24, 2.45) is 5.73 Å². The molecule has 0 bridgehead atoms. The van der Waals surface area contributed by atoms with Crippen LogP contribution in [0.25, 0.3) is 0 Å². The molecule has 4 heteroatoms. The summed E-state index contributed by atoms with van der Waals surface area (Å²) in [7, 11) is 1.64. The van der Waals surface area contributed by atoms with Crippen LogP contribution in [-0.2, 0) is 22.6 Å². The molecule has 0 radical (unpaired) electrons. The fourth-order valence-corrected chi connectivity index (χ4v) is 1.53. The van der Waals surface area contributed by atoms with Crippen molar-refractivity contribution in [1.29, 1.82) is 0 Å². The van der Waals surface area contributed by atoms with Crippen molar-refractivity contribution in [2.75, 3.05) is 13.7 Å². The van der Waals surface area contributed by atoms with Crippen LogP contribution in [0.4, 0.5) is 0 Å². The quantitative estimate of drug-likeness (QED) is 0.699. The van der Waals surface area contributed by atoms with Gasteiger partial charge in [0.25, 0.3) is 0 Å². The first-order valence-corrected chi connectivity index (χ1v) is 5.79. The molecule has 1 aromatic carbocycles. The maximum Gasteiger partial charge on any atom is 0.220 e. The molecule has 17 heavy (non-hydrogen) atoms. The maximum absolute atomic E-state index is 11.5. The van der Waals surface area contributed by atoms with Crippen LogP contribution in [0.3, 0.4) is 0 Å². The predicted octanol–water partition coefficient (Wildman–Crippen LogP) is 1.19. The zero-order chi connectivity index (χ0) is 12.5. The van der Waals surface area contributed by atoms with E-state index < -0.39 is 0 Å². The Hall–Kier alpha value is -1.39. The van der Waals surface area contributed by atoms with Crippen molar-refractivity contribution in [1.82, 2.24) is 5.32 Å². The van der Waals surface area contributed by atoms with E-state index in [0.29, 0.717) is 26.1 Å². The molecule has 1 aromatic rings. The Morgan fingerprint density at radius 3 is 2.88 bits per heavy atom. The zero-order valence-electron chi connectivity index (χ0n) is 10.2. The largest absolute Gasteiger partial charge is 0.385 e. The second-order valence-electron chi connectivity index (χ2n) is 3.90. The first-order chi connectivity index (χ1) is 8.26. The molecule has 0 aromatic heterocycles. The van der Waals surface area contributed by atoms with Gasteiger partial charge >= 0.3 is 0 Å². The summed E-state index contributed by atoms with van der Waals surface area (Å²) in [6.45, 7) is 1.70. The molecule has 0 spiro atoms. The molecule has 0 atom stereocenters. The highest BCUT2D eigenvalue weighted by molar-refractivity contribution is 5.75. The lowest BCUT2D eigenvalue weighted by Crippen LogP contribution is -2.22. The summed E-state index contributed by atoms with van der Waals surface area (Å²) >= 11 is 0. The SMILES string of the molecule is COCCCC(=O)NCc1cccc(CN)c1. The van der Waals surface area contributed by atoms with Crippen molar-refractivity contribution in [3.05, 3.63) is 35.4 Å². The lowest BCUT2D eigenvalue weighted by molar-refractivity contribution is -0.121. The minimum atomic E-state index is 0.0557. The number of ether oxygens (including phenoxy) is 1. The van der Waals surface area contributed by atoms with Gasteiger partial charge in [0.1, 0.15) is 0 Å². The zero-order valence-corrected chi connectivity index (χ0v) is 10.2. The summed E-state index contributed by atoms with van der Waals surface area (Å²) < 4.78 is 4.89. The summed E-state index contributed by atoms with van der Waals surface area (Å²) in [5.41, 5.74) is 7.71. The van der Waals surface area contributed by atoms with Crippen LogP contribution >= 0.6 is 0 Å². The first kappa shape index (κ1) is 13.7. The Bertz CT molecular complexity index is 353. The molecule has 0 fully saturated rings. The van der Waals surface area contributed by atoms with Crippen molar-refractivity contribution in [3.8, 4) is 0 Å². The van der Waals surface area contributed by atoms with E-state index >= 15 is 0 Å². The summed E-state index contributed by atoms with van der Waals surface area (Å²) in [5.74, 6) is 0.0557. The van der Waals surface area contributed by atoms with Crippen LogP contribution < -0.4 is 11.1 Å². The number of amides is 1. The Kier molecular flexibility index (Phi) is 6.29. The minimum absolute atomic E-state index is 0.0557. The molecule has 0 aliphatic heterocycles. The third kappa shape index (κ3) is 5.47. The van der Waals surface area contributed by atoms with Gasteiger partial charge in [-0.1, -0.05) is 24.3 Å². The van der Waals surface area contributed by atoms with Crippen LogP contribution in [0, 0.1) is 0 Å². The number of carbonyl (C=O) groups excluding carboxylic acids is 1. The number of hydrogen-bond acceptors (Lipinski definition) is 3. The second-order valence-corrected chi connectivity index (χ2v) is 3.90. The molecule has 0 unspecified atom stereocenters. The van der Waals surface area contributed by atoms with Gasteiger partial charge in [0.15, 0.2) is 0 Å². The van der Waals surface area contributed by atoms with Crippen LogP contribution in [-0.4, -0.2) is 19.6 Å². The van der Waals surface area contributed by atoms with Gasteiger partial charge in [-0.25, -0.2) is 0 Å². The van der Waals surface area contributed by atoms with Crippen LogP contribution in [0.5, 0.6) is 0 Å². The summed E-state index contributed by atoms with van der Waals surface area (Å²) in [6, 6.07) is 7.92. The molecular weight excluding hydrogens is 216 g/mol. The fourth-order valence-electron chi connectivity index (χ4n) is 1.53. The van der Waals surface area contributed by atoms with E-state index in [4.69, 9.17) is 10.5 Å². The van der Waals surface area contributed by atoms with Crippen LogP contribution in [0.2, 0.25) is 0 Å². The Morgan fingerprint density at radius 1 is 1.41 bits per heavy atom. The van der Waals surface area contributed by atoms with Gasteiger partial charge in [-0.3, -0.25) is 4.79 Å². The van der Waals surface area contributed by atoms with E-state index in [0.717, 1.165) is 17.5 Å². The number of carbonyl (C=O) groups is 1. The molecule has 4 nitrogen and oxygen atoms in total. The van der Waals surface area contributed by atoms with Gasteiger partial charge in [-0.05, 0) is 17.5 Å². The lowest BCUT2D eigenvalue weighted by Gasteiger charge is -2.06. The molecule has 1 amide bonds. The number of benzene rings is 1. The number of methoxy groups -OCH3 is 1. The smallest absolute Gasteiger partial charge is 0.220 e. The molecule has 0 aliphatic carbocycles. The highest BCUT2D eigenvalue weighted by Gasteiger charge is 2.01. The average molecular weight is 236 g/mol. The third-order valence-electron chi connectivity index (χ3n) is 2.47. The number of nitrogens with one attached hydrogen (secondary N) is 1. The number of nitrogens with two attached hydrogens (primary N) is 1. The van der Waals surface area contributed by atoms with Gasteiger partial charge in [0.2, 0.25) is 5.91 Å². The van der Waals surface area contributed by atoms with Crippen LogP contribution in [0.15, 0.2) is 24.3 Å². The van der Waals surface area contributed by atoms with Gasteiger partial charge in [0.05, 0.1) is 0 Å². The molecule has 0 saturated heterocycles. The highest BCUT2D eigenvalue weighted by atomic mass is 16.5. The number of hydrogen-bond donors (Lipinski definition) is 2. The third-order valence-corrected chi connectivity index (χ3v) is 2.47. The van der Waals surface area contributed by atoms with Crippen LogP contribution in [0.1, 0.15) is 24.0 Å². The van der Waals surface area contributed by atoms with Gasteiger partial charge in [-0.15, -0.1) is 0 Å². The van der Waals surface area contributed by atoms with E-state index in [-0.39, 0.29) is 5.91 Å². The second kappa shape index (κ2) is 7.81. The lowest BCUT2D eigenvalue weighted by atomic mass is 10.1. The van der Waals surface area contributed by atoms with Gasteiger partial charge in [0, 0.05) is 33.2 Å². The summed E-state index contributed by atoms with van der Waals surface area (Å²) in [6.07, 6.45) is 1.26. The molecule has 0 saturated carbocycles.